The molecule has 2 aliphatic rings. The van der Waals surface area contributed by atoms with Gasteiger partial charge in [0.1, 0.15) is 5.82 Å². The summed E-state index contributed by atoms with van der Waals surface area (Å²) in [5.41, 5.74) is 1.02. The van der Waals surface area contributed by atoms with Gasteiger partial charge in [0.15, 0.2) is 0 Å². The van der Waals surface area contributed by atoms with Crippen molar-refractivity contribution in [3.63, 3.8) is 0 Å². The van der Waals surface area contributed by atoms with Crippen LogP contribution in [0.2, 0.25) is 0 Å². The number of nitrogens with zero attached hydrogens (tertiary/aromatic N) is 1. The van der Waals surface area contributed by atoms with E-state index in [9.17, 15) is 9.18 Å². The quantitative estimate of drug-likeness (QED) is 0.861. The average molecular weight is 318 g/mol. The molecule has 0 aromatic heterocycles. The van der Waals surface area contributed by atoms with Crippen LogP contribution in [0.5, 0.6) is 0 Å². The van der Waals surface area contributed by atoms with E-state index in [1.807, 2.05) is 17.0 Å². The number of carbonyl (C=O) groups is 1. The highest BCUT2D eigenvalue weighted by atomic mass is 19.1. The van der Waals surface area contributed by atoms with Crippen molar-refractivity contribution in [2.45, 2.75) is 64.0 Å². The Kier molecular flexibility index (Phi) is 5.19. The molecule has 0 radical (unpaired) electrons. The van der Waals surface area contributed by atoms with E-state index in [4.69, 9.17) is 0 Å². The van der Waals surface area contributed by atoms with E-state index < -0.39 is 0 Å². The standard InChI is InChI=1S/C19H27FN2O/c1-2-17-8-3-4-13-22(17)19(23)21-18(14-6-5-7-14)15-9-11-16(20)12-10-15/h9-12,14,17-18H,2-8,13H2,1H3,(H,21,23). The van der Waals surface area contributed by atoms with Crippen molar-refractivity contribution >= 4 is 6.03 Å². The van der Waals surface area contributed by atoms with Crippen molar-refractivity contribution in [3.05, 3.63) is 35.6 Å². The molecule has 23 heavy (non-hydrogen) atoms. The Hall–Kier alpha value is -1.58. The molecule has 1 aliphatic carbocycles. The van der Waals surface area contributed by atoms with Crippen LogP contribution in [0.15, 0.2) is 24.3 Å². The summed E-state index contributed by atoms with van der Waals surface area (Å²) in [5.74, 6) is 0.254. The van der Waals surface area contributed by atoms with Gasteiger partial charge in [0.2, 0.25) is 0 Å². The Morgan fingerprint density at radius 1 is 1.22 bits per heavy atom. The molecule has 2 amide bonds. The Morgan fingerprint density at radius 2 is 1.96 bits per heavy atom. The first kappa shape index (κ1) is 16.3. The smallest absolute Gasteiger partial charge is 0.318 e. The van der Waals surface area contributed by atoms with Gasteiger partial charge in [0.25, 0.3) is 0 Å². The maximum absolute atomic E-state index is 13.2. The molecule has 3 rings (SSSR count). The molecular formula is C19H27FN2O. The number of amides is 2. The third kappa shape index (κ3) is 3.67. The Bertz CT molecular complexity index is 527. The van der Waals surface area contributed by atoms with Gasteiger partial charge in [-0.1, -0.05) is 25.5 Å². The highest BCUT2D eigenvalue weighted by molar-refractivity contribution is 5.75. The predicted molar refractivity (Wildman–Crippen MR) is 89.6 cm³/mol. The number of rotatable bonds is 4. The Morgan fingerprint density at radius 3 is 2.57 bits per heavy atom. The summed E-state index contributed by atoms with van der Waals surface area (Å²) in [5, 5.41) is 3.25. The zero-order valence-electron chi connectivity index (χ0n) is 13.9. The lowest BCUT2D eigenvalue weighted by Gasteiger charge is -2.39. The maximum atomic E-state index is 13.2. The summed E-state index contributed by atoms with van der Waals surface area (Å²) in [7, 11) is 0. The number of hydrogen-bond donors (Lipinski definition) is 1. The van der Waals surface area contributed by atoms with Gasteiger partial charge in [-0.3, -0.25) is 0 Å². The first-order valence-corrected chi connectivity index (χ1v) is 9.01. The lowest BCUT2D eigenvalue weighted by Crippen LogP contribution is -2.50. The maximum Gasteiger partial charge on any atom is 0.318 e. The summed E-state index contributed by atoms with van der Waals surface area (Å²) < 4.78 is 13.2. The Labute approximate surface area is 138 Å². The van der Waals surface area contributed by atoms with Crippen LogP contribution in [0.25, 0.3) is 0 Å². The molecule has 2 atom stereocenters. The number of hydrogen-bond acceptors (Lipinski definition) is 1. The van der Waals surface area contributed by atoms with E-state index in [-0.39, 0.29) is 17.9 Å². The predicted octanol–water partition coefficient (Wildman–Crippen LogP) is 4.64. The normalized spacial score (nSPS) is 23.2. The Balaban J connectivity index is 1.72. The second-order valence-corrected chi connectivity index (χ2v) is 6.92. The number of halogens is 1. The van der Waals surface area contributed by atoms with E-state index in [1.54, 1.807) is 0 Å². The minimum Gasteiger partial charge on any atom is -0.331 e. The van der Waals surface area contributed by atoms with Crippen molar-refractivity contribution in [2.24, 2.45) is 5.92 Å². The first-order chi connectivity index (χ1) is 11.2. The molecule has 1 heterocycles. The van der Waals surface area contributed by atoms with Crippen LogP contribution in [0.3, 0.4) is 0 Å². The number of urea groups is 1. The lowest BCUT2D eigenvalue weighted by molar-refractivity contribution is 0.136. The SMILES string of the molecule is CCC1CCCCN1C(=O)NC(c1ccc(F)cc1)C1CCC1. The second kappa shape index (κ2) is 7.33. The van der Waals surface area contributed by atoms with E-state index in [2.05, 4.69) is 12.2 Å². The molecule has 1 saturated heterocycles. The number of likely N-dealkylation sites (tertiary alicyclic amines) is 1. The average Bonchev–Trinajstić information content (AvgIpc) is 2.53. The van der Waals surface area contributed by atoms with Crippen molar-refractivity contribution in [1.82, 2.24) is 10.2 Å². The first-order valence-electron chi connectivity index (χ1n) is 9.01. The van der Waals surface area contributed by atoms with Crippen LogP contribution in [-0.4, -0.2) is 23.5 Å². The van der Waals surface area contributed by atoms with Crippen LogP contribution >= 0.6 is 0 Å². The number of nitrogens with one attached hydrogen (secondary N) is 1. The lowest BCUT2D eigenvalue weighted by atomic mass is 9.77. The molecule has 1 aromatic rings. The fourth-order valence-corrected chi connectivity index (χ4v) is 3.82. The van der Waals surface area contributed by atoms with Gasteiger partial charge >= 0.3 is 6.03 Å². The summed E-state index contributed by atoms with van der Waals surface area (Å²) in [6.07, 6.45) is 7.92. The van der Waals surface area contributed by atoms with Crippen molar-refractivity contribution in [2.75, 3.05) is 6.54 Å². The molecule has 0 spiro atoms. The van der Waals surface area contributed by atoms with Gasteiger partial charge in [-0.25, -0.2) is 9.18 Å². The highest BCUT2D eigenvalue weighted by Crippen LogP contribution is 2.38. The highest BCUT2D eigenvalue weighted by Gasteiger charge is 2.32. The van der Waals surface area contributed by atoms with Crippen molar-refractivity contribution < 1.29 is 9.18 Å². The van der Waals surface area contributed by atoms with Gasteiger partial charge in [-0.05, 0) is 62.1 Å². The molecule has 2 unspecified atom stereocenters. The van der Waals surface area contributed by atoms with Crippen LogP contribution in [0.4, 0.5) is 9.18 Å². The molecule has 126 valence electrons. The van der Waals surface area contributed by atoms with E-state index in [0.717, 1.165) is 44.2 Å². The summed E-state index contributed by atoms with van der Waals surface area (Å²) in [4.78, 5) is 14.8. The molecule has 4 heteroatoms. The monoisotopic (exact) mass is 318 g/mol. The molecule has 3 nitrogen and oxygen atoms in total. The number of piperidine rings is 1. The molecule has 2 fully saturated rings. The topological polar surface area (TPSA) is 32.3 Å². The fourth-order valence-electron chi connectivity index (χ4n) is 3.82. The largest absolute Gasteiger partial charge is 0.331 e. The molecule has 1 N–H and O–H groups in total. The van der Waals surface area contributed by atoms with E-state index in [0.29, 0.717) is 12.0 Å². The number of benzene rings is 1. The van der Waals surface area contributed by atoms with Gasteiger partial charge in [-0.2, -0.15) is 0 Å². The van der Waals surface area contributed by atoms with Gasteiger partial charge in [0.05, 0.1) is 6.04 Å². The molecule has 1 aliphatic heterocycles. The third-order valence-electron chi connectivity index (χ3n) is 5.49. The molecule has 0 bridgehead atoms. The summed E-state index contributed by atoms with van der Waals surface area (Å²) in [6, 6.07) is 7.03. The van der Waals surface area contributed by atoms with Gasteiger partial charge in [0, 0.05) is 12.6 Å². The molecule has 1 saturated carbocycles. The van der Waals surface area contributed by atoms with Crippen molar-refractivity contribution in [1.29, 1.82) is 0 Å². The second-order valence-electron chi connectivity index (χ2n) is 6.92. The zero-order valence-corrected chi connectivity index (χ0v) is 13.9. The van der Waals surface area contributed by atoms with E-state index >= 15 is 0 Å². The van der Waals surface area contributed by atoms with Gasteiger partial charge in [-0.15, -0.1) is 0 Å². The zero-order chi connectivity index (χ0) is 16.2. The third-order valence-corrected chi connectivity index (χ3v) is 5.49. The number of carbonyl (C=O) groups excluding carboxylic acids is 1. The minimum absolute atomic E-state index is 0.0104. The molecular weight excluding hydrogens is 291 g/mol. The van der Waals surface area contributed by atoms with Crippen LogP contribution in [0, 0.1) is 11.7 Å². The molecule has 1 aromatic carbocycles. The van der Waals surface area contributed by atoms with Crippen LogP contribution in [-0.2, 0) is 0 Å². The summed E-state index contributed by atoms with van der Waals surface area (Å²) in [6.45, 7) is 3.00. The fraction of sp³-hybridized carbons (Fsp3) is 0.632. The van der Waals surface area contributed by atoms with Gasteiger partial charge < -0.3 is 10.2 Å². The minimum atomic E-state index is -0.227. The van der Waals surface area contributed by atoms with Crippen molar-refractivity contribution in [3.8, 4) is 0 Å². The van der Waals surface area contributed by atoms with Crippen LogP contribution in [0.1, 0.15) is 63.5 Å². The summed E-state index contributed by atoms with van der Waals surface area (Å²) >= 11 is 0. The van der Waals surface area contributed by atoms with Crippen LogP contribution < -0.4 is 5.32 Å². The van der Waals surface area contributed by atoms with E-state index in [1.165, 1.54) is 25.0 Å².